The Balaban J connectivity index is 2.26. The van der Waals surface area contributed by atoms with Gasteiger partial charge >= 0.3 is 0 Å². The van der Waals surface area contributed by atoms with Gasteiger partial charge in [-0.05, 0) is 12.5 Å². The Morgan fingerprint density at radius 3 is 2.50 bits per heavy atom. The smallest absolute Gasteiger partial charge is 0.149 e. The number of rotatable bonds is 6. The van der Waals surface area contributed by atoms with Gasteiger partial charge in [0.2, 0.25) is 0 Å². The maximum atomic E-state index is 11.0. The van der Waals surface area contributed by atoms with Crippen LogP contribution < -0.4 is 5.48 Å². The van der Waals surface area contributed by atoms with E-state index in [4.69, 9.17) is 4.84 Å². The average molecular weight is 243 g/mol. The number of benzene rings is 1. The molecule has 0 heterocycles. The minimum absolute atomic E-state index is 0.0712. The Hall–Kier alpha value is -0.910. The van der Waals surface area contributed by atoms with E-state index in [2.05, 4.69) is 5.48 Å². The molecule has 1 atom stereocenters. The number of hydrogen-bond acceptors (Lipinski definition) is 4. The predicted molar refractivity (Wildman–Crippen MR) is 63.5 cm³/mol. The first-order chi connectivity index (χ1) is 7.47. The monoisotopic (exact) mass is 243 g/mol. The van der Waals surface area contributed by atoms with Crippen LogP contribution in [0, 0.1) is 0 Å². The van der Waals surface area contributed by atoms with E-state index in [-0.39, 0.29) is 11.8 Å². The van der Waals surface area contributed by atoms with Crippen molar-refractivity contribution in [1.29, 1.82) is 0 Å². The summed E-state index contributed by atoms with van der Waals surface area (Å²) in [6, 6.07) is 9.48. The molecule has 0 spiro atoms. The normalized spacial score (nSPS) is 13.6. The molecular formula is C11H17NO3S. The second-order valence-corrected chi connectivity index (χ2v) is 6.07. The fourth-order valence-electron chi connectivity index (χ4n) is 1.33. The minimum atomic E-state index is -2.96. The molecule has 0 fully saturated rings. The first-order valence-corrected chi connectivity index (χ1v) is 7.12. The summed E-state index contributed by atoms with van der Waals surface area (Å²) in [5.74, 6) is 0.0712. The minimum Gasteiger partial charge on any atom is -0.297 e. The first-order valence-electron chi connectivity index (χ1n) is 5.06. The summed E-state index contributed by atoms with van der Waals surface area (Å²) >= 11 is 0. The molecule has 0 aliphatic heterocycles. The first kappa shape index (κ1) is 13.2. The molecule has 1 N–H and O–H groups in total. The van der Waals surface area contributed by atoms with Crippen LogP contribution in [0.5, 0.6) is 0 Å². The standard InChI is InChI=1S/C11H17NO3S/c1-10(9-16(2,13)14)12-15-8-11-6-4-3-5-7-11/h3-7,10,12H,8-9H2,1-2H3. The lowest BCUT2D eigenvalue weighted by molar-refractivity contribution is 0.0121. The molecule has 1 aromatic carbocycles. The van der Waals surface area contributed by atoms with Crippen LogP contribution in [0.1, 0.15) is 12.5 Å². The third-order valence-corrected chi connectivity index (χ3v) is 3.02. The van der Waals surface area contributed by atoms with Gasteiger partial charge in [-0.2, -0.15) is 5.48 Å². The predicted octanol–water partition coefficient (Wildman–Crippen LogP) is 1.14. The summed E-state index contributed by atoms with van der Waals surface area (Å²) in [5.41, 5.74) is 3.75. The highest BCUT2D eigenvalue weighted by Crippen LogP contribution is 1.99. The highest BCUT2D eigenvalue weighted by atomic mass is 32.2. The zero-order chi connectivity index (χ0) is 12.0. The van der Waals surface area contributed by atoms with Gasteiger partial charge in [0.05, 0.1) is 12.4 Å². The van der Waals surface area contributed by atoms with Gasteiger partial charge in [-0.25, -0.2) is 8.42 Å². The van der Waals surface area contributed by atoms with E-state index in [0.717, 1.165) is 5.56 Å². The van der Waals surface area contributed by atoms with Crippen molar-refractivity contribution in [2.24, 2.45) is 0 Å². The van der Waals surface area contributed by atoms with Gasteiger partial charge < -0.3 is 0 Å². The van der Waals surface area contributed by atoms with Crippen molar-refractivity contribution in [1.82, 2.24) is 5.48 Å². The van der Waals surface area contributed by atoms with Gasteiger partial charge in [0, 0.05) is 12.3 Å². The summed E-state index contributed by atoms with van der Waals surface area (Å²) in [7, 11) is -2.96. The van der Waals surface area contributed by atoms with E-state index in [9.17, 15) is 8.42 Å². The Labute approximate surface area is 96.5 Å². The molecule has 0 amide bonds. The zero-order valence-corrected chi connectivity index (χ0v) is 10.3. The molecule has 4 nitrogen and oxygen atoms in total. The van der Waals surface area contributed by atoms with Crippen molar-refractivity contribution >= 4 is 9.84 Å². The Kier molecular flexibility index (Phi) is 4.92. The third kappa shape index (κ3) is 5.85. The highest BCUT2D eigenvalue weighted by molar-refractivity contribution is 7.90. The number of hydrogen-bond donors (Lipinski definition) is 1. The highest BCUT2D eigenvalue weighted by Gasteiger charge is 2.09. The number of hydroxylamine groups is 1. The largest absolute Gasteiger partial charge is 0.297 e. The van der Waals surface area contributed by atoms with E-state index in [1.54, 1.807) is 6.92 Å². The van der Waals surface area contributed by atoms with E-state index >= 15 is 0 Å². The van der Waals surface area contributed by atoms with Crippen molar-refractivity contribution in [3.05, 3.63) is 35.9 Å². The van der Waals surface area contributed by atoms with Gasteiger partial charge in [-0.15, -0.1) is 0 Å². The molecule has 1 rings (SSSR count). The van der Waals surface area contributed by atoms with Gasteiger partial charge in [0.15, 0.2) is 0 Å². The van der Waals surface area contributed by atoms with Crippen molar-refractivity contribution < 1.29 is 13.3 Å². The van der Waals surface area contributed by atoms with Crippen LogP contribution in [0.2, 0.25) is 0 Å². The van der Waals surface area contributed by atoms with Crippen molar-refractivity contribution in [3.63, 3.8) is 0 Å². The molecule has 90 valence electrons. The van der Waals surface area contributed by atoms with Gasteiger partial charge in [0.1, 0.15) is 9.84 Å². The molecule has 16 heavy (non-hydrogen) atoms. The third-order valence-electron chi connectivity index (χ3n) is 1.92. The fraction of sp³-hybridized carbons (Fsp3) is 0.455. The molecule has 5 heteroatoms. The fourth-order valence-corrected chi connectivity index (χ4v) is 2.31. The summed E-state index contributed by atoms with van der Waals surface area (Å²) in [5, 5.41) is 0. The lowest BCUT2D eigenvalue weighted by Crippen LogP contribution is -2.32. The van der Waals surface area contributed by atoms with Crippen molar-refractivity contribution in [3.8, 4) is 0 Å². The van der Waals surface area contributed by atoms with Crippen LogP contribution in [0.4, 0.5) is 0 Å². The van der Waals surface area contributed by atoms with Crippen LogP contribution in [-0.4, -0.2) is 26.5 Å². The van der Waals surface area contributed by atoms with Crippen molar-refractivity contribution in [2.75, 3.05) is 12.0 Å². The van der Waals surface area contributed by atoms with E-state index in [0.29, 0.717) is 6.61 Å². The van der Waals surface area contributed by atoms with E-state index in [1.165, 1.54) is 6.26 Å². The molecule has 0 aliphatic carbocycles. The maximum absolute atomic E-state index is 11.0. The van der Waals surface area contributed by atoms with Crippen LogP contribution in [0.3, 0.4) is 0 Å². The molecule has 0 aromatic heterocycles. The lowest BCUT2D eigenvalue weighted by atomic mass is 10.2. The van der Waals surface area contributed by atoms with Crippen LogP contribution >= 0.6 is 0 Å². The molecular weight excluding hydrogens is 226 g/mol. The Bertz CT molecular complexity index is 402. The summed E-state index contributed by atoms with van der Waals surface area (Å²) in [6.45, 7) is 2.20. The van der Waals surface area contributed by atoms with Gasteiger partial charge in [-0.3, -0.25) is 4.84 Å². The van der Waals surface area contributed by atoms with E-state index in [1.807, 2.05) is 30.3 Å². The molecule has 0 bridgehead atoms. The molecule has 1 unspecified atom stereocenters. The second-order valence-electron chi connectivity index (χ2n) is 3.89. The van der Waals surface area contributed by atoms with Crippen LogP contribution in [-0.2, 0) is 21.3 Å². The molecule has 0 saturated carbocycles. The van der Waals surface area contributed by atoms with Gasteiger partial charge in [0.25, 0.3) is 0 Å². The summed E-state index contributed by atoms with van der Waals surface area (Å²) < 4.78 is 22.0. The maximum Gasteiger partial charge on any atom is 0.149 e. The number of sulfone groups is 1. The summed E-state index contributed by atoms with van der Waals surface area (Å²) in [6.07, 6.45) is 1.21. The molecule has 0 aliphatic rings. The second kappa shape index (κ2) is 5.98. The SMILES string of the molecule is CC(CS(C)(=O)=O)NOCc1ccccc1. The Morgan fingerprint density at radius 2 is 1.94 bits per heavy atom. The zero-order valence-electron chi connectivity index (χ0n) is 9.51. The van der Waals surface area contributed by atoms with Crippen molar-refractivity contribution in [2.45, 2.75) is 19.6 Å². The molecule has 0 radical (unpaired) electrons. The average Bonchev–Trinajstić information content (AvgIpc) is 2.16. The summed E-state index contributed by atoms with van der Waals surface area (Å²) in [4.78, 5) is 5.21. The quantitative estimate of drug-likeness (QED) is 0.761. The number of nitrogens with one attached hydrogen (secondary N) is 1. The van der Waals surface area contributed by atoms with Gasteiger partial charge in [-0.1, -0.05) is 30.3 Å². The van der Waals surface area contributed by atoms with Crippen LogP contribution in [0.15, 0.2) is 30.3 Å². The topological polar surface area (TPSA) is 55.4 Å². The van der Waals surface area contributed by atoms with E-state index < -0.39 is 9.84 Å². The lowest BCUT2D eigenvalue weighted by Gasteiger charge is -2.12. The van der Waals surface area contributed by atoms with Crippen LogP contribution in [0.25, 0.3) is 0 Å². The molecule has 0 saturated heterocycles. The Morgan fingerprint density at radius 1 is 1.31 bits per heavy atom. The molecule has 1 aromatic rings.